The summed E-state index contributed by atoms with van der Waals surface area (Å²) in [5.41, 5.74) is 4.00. The highest BCUT2D eigenvalue weighted by Crippen LogP contribution is 2.30. The number of H-pyrrole nitrogens is 1. The molecule has 0 unspecified atom stereocenters. The number of aryl methyl sites for hydroxylation is 1. The number of carbonyl (C=O) groups excluding carboxylic acids is 1. The van der Waals surface area contributed by atoms with Gasteiger partial charge in [-0.25, -0.2) is 9.97 Å². The van der Waals surface area contributed by atoms with Crippen LogP contribution in [0.5, 0.6) is 5.75 Å². The van der Waals surface area contributed by atoms with Crippen molar-refractivity contribution in [2.75, 3.05) is 18.5 Å². The zero-order chi connectivity index (χ0) is 26.3. The molecule has 2 aromatic carbocycles. The fraction of sp³-hybridized carbons (Fsp3) is 0.310. The highest BCUT2D eigenvalue weighted by molar-refractivity contribution is 6.01. The molecule has 8 nitrogen and oxygen atoms in total. The van der Waals surface area contributed by atoms with Crippen molar-refractivity contribution in [1.29, 1.82) is 0 Å². The molecule has 0 radical (unpaired) electrons. The number of amides is 1. The van der Waals surface area contributed by atoms with Crippen LogP contribution in [0.2, 0.25) is 0 Å². The zero-order valence-corrected chi connectivity index (χ0v) is 21.7. The van der Waals surface area contributed by atoms with Gasteiger partial charge in [-0.05, 0) is 73.7 Å². The van der Waals surface area contributed by atoms with Gasteiger partial charge < -0.3 is 14.8 Å². The number of benzene rings is 2. The molecule has 4 aromatic rings. The molecule has 0 saturated heterocycles. The molecule has 192 valence electrons. The van der Waals surface area contributed by atoms with Crippen molar-refractivity contribution in [2.45, 2.75) is 46.1 Å². The van der Waals surface area contributed by atoms with E-state index in [9.17, 15) is 4.79 Å². The standard InChI is InChI=1S/C29H33N5O3/c1-5-21-11-12-23(36-15-16-37-29(2,3)4)19-24(21)22-13-14-30-25(18-22)32-28(35)27-31-26(33-34-27)17-20-9-7-6-8-10-20/h6-14,18-19H,5,15-17H2,1-4H3,(H,30,32,35)(H,31,33,34). The number of hydrogen-bond acceptors (Lipinski definition) is 6. The molecule has 0 spiro atoms. The molecular formula is C29H33N5O3. The number of carbonyl (C=O) groups is 1. The van der Waals surface area contributed by atoms with Crippen LogP contribution >= 0.6 is 0 Å². The zero-order valence-electron chi connectivity index (χ0n) is 21.7. The first-order valence-corrected chi connectivity index (χ1v) is 12.4. The SMILES string of the molecule is CCc1ccc(OCCOC(C)(C)C)cc1-c1ccnc(NC(=O)c2n[nH]c(Cc3ccccc3)n2)c1. The Morgan fingerprint density at radius 2 is 1.84 bits per heavy atom. The van der Waals surface area contributed by atoms with Gasteiger partial charge in [0.25, 0.3) is 5.91 Å². The van der Waals surface area contributed by atoms with Gasteiger partial charge in [-0.15, -0.1) is 5.10 Å². The summed E-state index contributed by atoms with van der Waals surface area (Å²) in [4.78, 5) is 21.5. The van der Waals surface area contributed by atoms with Gasteiger partial charge in [0.2, 0.25) is 5.82 Å². The first-order chi connectivity index (χ1) is 17.8. The van der Waals surface area contributed by atoms with Gasteiger partial charge in [0.05, 0.1) is 12.2 Å². The van der Waals surface area contributed by atoms with Crippen molar-refractivity contribution in [3.05, 3.63) is 89.6 Å². The molecule has 2 N–H and O–H groups in total. The molecule has 0 atom stereocenters. The summed E-state index contributed by atoms with van der Waals surface area (Å²) in [6.45, 7) is 9.14. The van der Waals surface area contributed by atoms with E-state index in [1.807, 2.05) is 75.4 Å². The van der Waals surface area contributed by atoms with Crippen molar-refractivity contribution >= 4 is 11.7 Å². The highest BCUT2D eigenvalue weighted by atomic mass is 16.5. The topological polar surface area (TPSA) is 102 Å². The molecular weight excluding hydrogens is 466 g/mol. The summed E-state index contributed by atoms with van der Waals surface area (Å²) in [5.74, 6) is 1.45. The second-order valence-electron chi connectivity index (χ2n) is 9.63. The molecule has 37 heavy (non-hydrogen) atoms. The average Bonchev–Trinajstić information content (AvgIpc) is 3.35. The van der Waals surface area contributed by atoms with Gasteiger partial charge in [-0.3, -0.25) is 9.89 Å². The van der Waals surface area contributed by atoms with E-state index < -0.39 is 5.91 Å². The molecule has 0 bridgehead atoms. The van der Waals surface area contributed by atoms with E-state index in [-0.39, 0.29) is 11.4 Å². The largest absolute Gasteiger partial charge is 0.491 e. The van der Waals surface area contributed by atoms with E-state index in [0.29, 0.717) is 31.3 Å². The molecule has 0 aliphatic heterocycles. The molecule has 4 rings (SSSR count). The van der Waals surface area contributed by atoms with E-state index >= 15 is 0 Å². The molecule has 8 heteroatoms. The molecule has 0 saturated carbocycles. The van der Waals surface area contributed by atoms with Crippen molar-refractivity contribution in [1.82, 2.24) is 20.2 Å². The van der Waals surface area contributed by atoms with Crippen LogP contribution in [0.25, 0.3) is 11.1 Å². The van der Waals surface area contributed by atoms with Crippen LogP contribution in [0.3, 0.4) is 0 Å². The number of aromatic amines is 1. The molecule has 1 amide bonds. The number of nitrogens with zero attached hydrogens (tertiary/aromatic N) is 3. The Morgan fingerprint density at radius 1 is 1.03 bits per heavy atom. The Morgan fingerprint density at radius 3 is 2.59 bits per heavy atom. The van der Waals surface area contributed by atoms with Gasteiger partial charge in [0.1, 0.15) is 24.0 Å². The van der Waals surface area contributed by atoms with Gasteiger partial charge in [-0.1, -0.05) is 43.3 Å². The number of nitrogens with one attached hydrogen (secondary N) is 2. The number of hydrogen-bond donors (Lipinski definition) is 2. The third-order valence-electron chi connectivity index (χ3n) is 5.61. The lowest BCUT2D eigenvalue weighted by atomic mass is 9.98. The number of ether oxygens (including phenoxy) is 2. The maximum absolute atomic E-state index is 12.8. The van der Waals surface area contributed by atoms with Gasteiger partial charge >= 0.3 is 0 Å². The highest BCUT2D eigenvalue weighted by Gasteiger charge is 2.15. The predicted octanol–water partition coefficient (Wildman–Crippen LogP) is 5.47. The first-order valence-electron chi connectivity index (χ1n) is 12.4. The van der Waals surface area contributed by atoms with E-state index in [4.69, 9.17) is 9.47 Å². The minimum Gasteiger partial charge on any atom is -0.491 e. The lowest BCUT2D eigenvalue weighted by Gasteiger charge is -2.19. The van der Waals surface area contributed by atoms with Crippen molar-refractivity contribution in [3.63, 3.8) is 0 Å². The summed E-state index contributed by atoms with van der Waals surface area (Å²) >= 11 is 0. The van der Waals surface area contributed by atoms with Crippen molar-refractivity contribution in [3.8, 4) is 16.9 Å². The minimum atomic E-state index is -0.424. The van der Waals surface area contributed by atoms with Crippen LogP contribution in [-0.4, -0.2) is 44.9 Å². The lowest BCUT2D eigenvalue weighted by Crippen LogP contribution is -2.22. The maximum Gasteiger partial charge on any atom is 0.296 e. The number of rotatable bonds is 10. The second-order valence-corrected chi connectivity index (χ2v) is 9.63. The summed E-state index contributed by atoms with van der Waals surface area (Å²) < 4.78 is 11.7. The third-order valence-corrected chi connectivity index (χ3v) is 5.61. The number of aromatic nitrogens is 4. The minimum absolute atomic E-state index is 0.0697. The summed E-state index contributed by atoms with van der Waals surface area (Å²) in [6, 6.07) is 19.7. The molecule has 0 aliphatic rings. The molecule has 2 aromatic heterocycles. The van der Waals surface area contributed by atoms with Gasteiger partial charge in [0, 0.05) is 12.6 Å². The van der Waals surface area contributed by atoms with Crippen LogP contribution in [0.15, 0.2) is 66.9 Å². The first kappa shape index (κ1) is 26.0. The fourth-order valence-electron chi connectivity index (χ4n) is 3.83. The summed E-state index contributed by atoms with van der Waals surface area (Å²) in [5, 5.41) is 9.73. The van der Waals surface area contributed by atoms with E-state index in [2.05, 4.69) is 38.5 Å². The molecule has 2 heterocycles. The smallest absolute Gasteiger partial charge is 0.296 e. The Hall–Kier alpha value is -4.04. The third kappa shape index (κ3) is 7.47. The van der Waals surface area contributed by atoms with Crippen molar-refractivity contribution in [2.24, 2.45) is 0 Å². The molecule has 0 aliphatic carbocycles. The number of pyridine rings is 1. The van der Waals surface area contributed by atoms with Crippen molar-refractivity contribution < 1.29 is 14.3 Å². The van der Waals surface area contributed by atoms with Crippen LogP contribution < -0.4 is 10.1 Å². The van der Waals surface area contributed by atoms with Crippen LogP contribution in [0.1, 0.15) is 55.3 Å². The Balaban J connectivity index is 1.45. The van der Waals surface area contributed by atoms with Gasteiger partial charge in [0.15, 0.2) is 0 Å². The van der Waals surface area contributed by atoms with E-state index in [1.165, 1.54) is 5.56 Å². The fourth-order valence-corrected chi connectivity index (χ4v) is 3.83. The summed E-state index contributed by atoms with van der Waals surface area (Å²) in [6.07, 6.45) is 3.09. The van der Waals surface area contributed by atoms with Crippen LogP contribution in [-0.2, 0) is 17.6 Å². The Kier molecular flexibility index (Phi) is 8.30. The quantitative estimate of drug-likeness (QED) is 0.281. The second kappa shape index (κ2) is 11.8. The molecule has 0 fully saturated rings. The predicted molar refractivity (Wildman–Crippen MR) is 144 cm³/mol. The lowest BCUT2D eigenvalue weighted by molar-refractivity contribution is -0.0163. The van der Waals surface area contributed by atoms with Gasteiger partial charge in [-0.2, -0.15) is 0 Å². The van der Waals surface area contributed by atoms with E-state index in [0.717, 1.165) is 28.9 Å². The summed E-state index contributed by atoms with van der Waals surface area (Å²) in [7, 11) is 0. The Bertz CT molecular complexity index is 1330. The Labute approximate surface area is 217 Å². The number of anilines is 1. The monoisotopic (exact) mass is 499 g/mol. The average molecular weight is 500 g/mol. The maximum atomic E-state index is 12.8. The van der Waals surface area contributed by atoms with E-state index in [1.54, 1.807) is 6.20 Å². The van der Waals surface area contributed by atoms with Crippen LogP contribution in [0.4, 0.5) is 5.82 Å². The normalized spacial score (nSPS) is 11.4. The van der Waals surface area contributed by atoms with Crippen LogP contribution in [0, 0.1) is 0 Å².